The largest absolute Gasteiger partial charge is 0.473 e. The fraction of sp³-hybridized carbons (Fsp3) is 0.528. The van der Waals surface area contributed by atoms with Crippen molar-refractivity contribution in [3.05, 3.63) is 241 Å². The van der Waals surface area contributed by atoms with Gasteiger partial charge in [-0.05, 0) is 146 Å². The van der Waals surface area contributed by atoms with Crippen LogP contribution >= 0.6 is 57.1 Å². The van der Waals surface area contributed by atoms with Gasteiger partial charge in [0.1, 0.15) is 34.9 Å². The quantitative estimate of drug-likeness (QED) is 0.161. The number of aromatic nitrogens is 13. The molecule has 0 aliphatic heterocycles. The lowest BCUT2D eigenvalue weighted by Gasteiger charge is -1.92. The van der Waals surface area contributed by atoms with E-state index in [1.807, 2.05) is 76.4 Å². The minimum absolute atomic E-state index is 0.530. The van der Waals surface area contributed by atoms with Crippen LogP contribution < -0.4 is 0 Å². The Hall–Kier alpha value is -7.96. The van der Waals surface area contributed by atoms with E-state index in [1.54, 1.807) is 93.9 Å². The van der Waals surface area contributed by atoms with Gasteiger partial charge < -0.3 is 27.3 Å². The van der Waals surface area contributed by atoms with Crippen molar-refractivity contribution in [3.8, 4) is 0 Å². The van der Waals surface area contributed by atoms with E-state index >= 15 is 0 Å². The first-order valence-electron chi connectivity index (χ1n) is 38.4. The Labute approximate surface area is 703 Å². The number of oxazole rings is 1. The average Bonchev–Trinajstić information content (AvgIpc) is 1.13. The Morgan fingerprint density at radius 3 is 0.884 bits per heavy atom. The molecule has 0 atom stereocenters. The number of nitrogens with one attached hydrogen (secondary N) is 1. The van der Waals surface area contributed by atoms with Gasteiger partial charge in [0.2, 0.25) is 19.2 Å². The van der Waals surface area contributed by atoms with Crippen LogP contribution in [0.15, 0.2) is 258 Å². The first kappa shape index (κ1) is 125. The standard InChI is InChI=1S/C10H8.C5H8N2S.C4H5N.C4H4O.C4H4S.11C4H10.2C3H3NO.2C3H3NS.2C2H2N2O.C2H2N2S/c1-2-6-10-8-4-3-7-9(10)5-1;1-4(2)5-7-6-3-8-5;3*1-2-4-5-3-1;11*1-4(2)3;1-2-5-3-4-1;1-2-4-5-3-1;1-2-5-3-4-1;1-2-4-5-3-1;1-3-4-2-5-1;2*1-3-2-5-4-1/h1-8H;3-4H,1-2H3;1-5H;2*1-4H;11*4H,1-3H3;4*1-3H;3*1-2H. The second-order valence-corrected chi connectivity index (χ2v) is 34.0. The van der Waals surface area contributed by atoms with Crippen molar-refractivity contribution in [1.29, 1.82) is 0 Å². The molecule has 112 heavy (non-hydrogen) atoms. The molecule has 13 aromatic rings. The van der Waals surface area contributed by atoms with E-state index in [2.05, 4.69) is 378 Å². The van der Waals surface area contributed by atoms with Gasteiger partial charge in [0, 0.05) is 41.5 Å². The number of aromatic amines is 1. The molecular formula is C89H157N13O5S5. The van der Waals surface area contributed by atoms with Crippen molar-refractivity contribution in [2.24, 2.45) is 65.1 Å². The SMILES string of the molecule is CC(C)C.CC(C)C.CC(C)C.CC(C)C.CC(C)C.CC(C)C.CC(C)C.CC(C)C.CC(C)C.CC(C)C.CC(C)C.CC(C)c1nncs1.c1cc[nH]c1.c1ccc2ccccc2c1.c1ccoc1.c1ccsc1.c1cnoc1.c1cnsc1.c1cocn1.c1cscn1.c1ncon1.c1ncsn1.c1nnco1. The highest BCUT2D eigenvalue weighted by Gasteiger charge is 1.99. The molecule has 18 nitrogen and oxygen atoms in total. The monoisotopic (exact) mass is 1650 g/mol. The summed E-state index contributed by atoms with van der Waals surface area (Å²) in [5.41, 5.74) is 5.23. The molecule has 0 saturated heterocycles. The van der Waals surface area contributed by atoms with Crippen LogP contribution in [0.5, 0.6) is 0 Å². The molecule has 23 heteroatoms. The van der Waals surface area contributed by atoms with Crippen molar-refractivity contribution in [3.63, 3.8) is 0 Å². The first-order valence-corrected chi connectivity index (χ1v) is 42.9. The molecule has 2 aromatic carbocycles. The van der Waals surface area contributed by atoms with E-state index in [-0.39, 0.29) is 0 Å². The Kier molecular flexibility index (Phi) is 122. The van der Waals surface area contributed by atoms with E-state index in [1.165, 1.54) is 84.6 Å². The summed E-state index contributed by atoms with van der Waals surface area (Å²) in [7, 11) is 0. The summed E-state index contributed by atoms with van der Waals surface area (Å²) in [6.45, 7) is 75.7. The third-order valence-corrected chi connectivity index (χ3v) is 9.21. The summed E-state index contributed by atoms with van der Waals surface area (Å²) < 4.78 is 29.4. The van der Waals surface area contributed by atoms with Gasteiger partial charge in [-0.15, -0.1) is 43.1 Å². The van der Waals surface area contributed by atoms with Crippen molar-refractivity contribution < 1.29 is 22.3 Å². The van der Waals surface area contributed by atoms with E-state index < -0.39 is 0 Å². The molecule has 0 saturated carbocycles. The Morgan fingerprint density at radius 1 is 0.295 bits per heavy atom. The van der Waals surface area contributed by atoms with Crippen molar-refractivity contribution in [2.45, 2.75) is 248 Å². The highest BCUT2D eigenvalue weighted by molar-refractivity contribution is 7.09. The van der Waals surface area contributed by atoms with Gasteiger partial charge in [-0.3, -0.25) is 4.98 Å². The van der Waals surface area contributed by atoms with E-state index in [9.17, 15) is 0 Å². The Bertz CT molecular complexity index is 2380. The van der Waals surface area contributed by atoms with E-state index in [0.29, 0.717) is 5.92 Å². The van der Waals surface area contributed by atoms with Crippen LogP contribution in [0, 0.1) is 65.1 Å². The van der Waals surface area contributed by atoms with Crippen LogP contribution in [0.2, 0.25) is 0 Å². The predicted octanol–water partition coefficient (Wildman–Crippen LogP) is 31.1. The number of thiophene rings is 1. The average molecular weight is 1650 g/mol. The third-order valence-electron chi connectivity index (χ3n) is 6.11. The highest BCUT2D eigenvalue weighted by Crippen LogP contribution is 2.14. The first-order chi connectivity index (χ1) is 52.8. The zero-order chi connectivity index (χ0) is 87.5. The summed E-state index contributed by atoms with van der Waals surface area (Å²) >= 11 is 7.74. The lowest BCUT2D eigenvalue weighted by molar-refractivity contribution is 0.416. The van der Waals surface area contributed by atoms with Crippen LogP contribution in [0.1, 0.15) is 253 Å². The normalized spacial score (nSPS) is 8.74. The Balaban J connectivity index is -0.000000122. The third kappa shape index (κ3) is 206. The molecule has 11 aromatic heterocycles. The smallest absolute Gasteiger partial charge is 0.213 e. The second-order valence-electron chi connectivity index (χ2n) is 30.3. The molecule has 0 bridgehead atoms. The summed E-state index contributed by atoms with van der Waals surface area (Å²) in [5, 5.41) is 32.5. The maximum Gasteiger partial charge on any atom is 0.213 e. The number of hydrogen-bond donors (Lipinski definition) is 1. The molecule has 0 radical (unpaired) electrons. The maximum absolute atomic E-state index is 4.58. The number of fused-ring (bicyclic) bond motifs is 1. The topological polar surface area (TPSA) is 236 Å². The Morgan fingerprint density at radius 2 is 0.750 bits per heavy atom. The van der Waals surface area contributed by atoms with Gasteiger partial charge in [-0.25, -0.2) is 19.3 Å². The molecule has 0 unspecified atom stereocenters. The van der Waals surface area contributed by atoms with E-state index in [4.69, 9.17) is 0 Å². The van der Waals surface area contributed by atoms with Crippen molar-refractivity contribution >= 4 is 67.8 Å². The highest BCUT2D eigenvalue weighted by atomic mass is 32.1. The number of furan rings is 1. The lowest BCUT2D eigenvalue weighted by atomic mass is 10.1. The van der Waals surface area contributed by atoms with Gasteiger partial charge in [-0.2, -0.15) is 15.7 Å². The van der Waals surface area contributed by atoms with Gasteiger partial charge in [-0.1, -0.05) is 313 Å². The predicted molar refractivity (Wildman–Crippen MR) is 493 cm³/mol. The summed E-state index contributed by atoms with van der Waals surface area (Å²) in [6, 6.07) is 31.9. The maximum atomic E-state index is 4.58. The number of benzene rings is 2. The number of hydrogen-bond acceptors (Lipinski definition) is 22. The molecule has 0 aliphatic carbocycles. The molecule has 13 rings (SSSR count). The summed E-state index contributed by atoms with van der Waals surface area (Å²) in [6.07, 6.45) is 24.8. The lowest BCUT2D eigenvalue weighted by Crippen LogP contribution is -1.83. The van der Waals surface area contributed by atoms with Gasteiger partial charge >= 0.3 is 0 Å². The van der Waals surface area contributed by atoms with Crippen LogP contribution in [0.4, 0.5) is 0 Å². The van der Waals surface area contributed by atoms with Crippen molar-refractivity contribution in [1.82, 2.24) is 64.4 Å². The molecule has 0 spiro atoms. The van der Waals surface area contributed by atoms with Crippen LogP contribution in [-0.4, -0.2) is 64.4 Å². The number of rotatable bonds is 1. The van der Waals surface area contributed by atoms with Crippen molar-refractivity contribution in [2.75, 3.05) is 0 Å². The minimum atomic E-state index is 0.530. The molecule has 0 aliphatic rings. The number of H-pyrrole nitrogens is 1. The molecular weight excluding hydrogens is 1490 g/mol. The number of thiazole rings is 1. The zero-order valence-electron chi connectivity index (χ0n) is 75.9. The van der Waals surface area contributed by atoms with Crippen LogP contribution in [0.3, 0.4) is 0 Å². The summed E-state index contributed by atoms with van der Waals surface area (Å²) in [4.78, 5) is 17.2. The molecule has 638 valence electrons. The van der Waals surface area contributed by atoms with Gasteiger partial charge in [0.15, 0.2) is 12.7 Å². The molecule has 1 N–H and O–H groups in total. The van der Waals surface area contributed by atoms with Crippen LogP contribution in [-0.2, 0) is 0 Å². The molecule has 11 heterocycles. The fourth-order valence-corrected chi connectivity index (χ4v) is 5.41. The van der Waals surface area contributed by atoms with Gasteiger partial charge in [0.25, 0.3) is 0 Å². The second kappa shape index (κ2) is 109. The zero-order valence-corrected chi connectivity index (χ0v) is 80.0. The summed E-state index contributed by atoms with van der Waals surface area (Å²) in [5.74, 6) is 9.70. The van der Waals surface area contributed by atoms with Crippen LogP contribution in [0.25, 0.3) is 10.8 Å². The molecule has 0 amide bonds. The molecule has 0 fully saturated rings. The fourth-order valence-electron chi connectivity index (χ4n) is 3.41. The number of nitrogens with zero attached hydrogens (tertiary/aromatic N) is 12. The van der Waals surface area contributed by atoms with E-state index in [0.717, 1.165) is 70.1 Å². The minimum Gasteiger partial charge on any atom is -0.473 e. The van der Waals surface area contributed by atoms with Gasteiger partial charge in [0.05, 0.1) is 30.4 Å².